The normalized spacial score (nSPS) is 11.2. The fraction of sp³-hybridized carbons (Fsp3) is 0.200. The fourth-order valence-corrected chi connectivity index (χ4v) is 1.17. The van der Waals surface area contributed by atoms with Crippen LogP contribution in [0.3, 0.4) is 0 Å². The van der Waals surface area contributed by atoms with Crippen LogP contribution in [0.2, 0.25) is 0 Å². The first-order chi connectivity index (χ1) is 6.96. The molecule has 0 aliphatic heterocycles. The first-order valence-electron chi connectivity index (χ1n) is 4.11. The molecule has 1 aromatic rings. The third-order valence-corrected chi connectivity index (χ3v) is 1.78. The van der Waals surface area contributed by atoms with E-state index < -0.39 is 11.7 Å². The molecular formula is C10H10F3NO. The molecule has 5 heteroatoms. The molecule has 0 unspecified atom stereocenters. The van der Waals surface area contributed by atoms with Crippen molar-refractivity contribution in [3.63, 3.8) is 0 Å². The molecule has 0 amide bonds. The number of rotatable bonds is 3. The lowest BCUT2D eigenvalue weighted by molar-refractivity contribution is -0.137. The average Bonchev–Trinajstić information content (AvgIpc) is 2.17. The van der Waals surface area contributed by atoms with Crippen LogP contribution in [0, 0.1) is 0 Å². The number of nitrogens with one attached hydrogen (secondary N) is 1. The Morgan fingerprint density at radius 3 is 2.47 bits per heavy atom. The Morgan fingerprint density at radius 1 is 1.33 bits per heavy atom. The summed E-state index contributed by atoms with van der Waals surface area (Å²) in [7, 11) is 1.31. The van der Waals surface area contributed by atoms with E-state index in [9.17, 15) is 13.2 Å². The van der Waals surface area contributed by atoms with Crippen molar-refractivity contribution in [2.75, 3.05) is 7.11 Å². The highest BCUT2D eigenvalue weighted by Crippen LogP contribution is 2.33. The van der Waals surface area contributed by atoms with E-state index in [0.29, 0.717) is 0 Å². The highest BCUT2D eigenvalue weighted by atomic mass is 19.4. The molecule has 82 valence electrons. The second-order valence-electron chi connectivity index (χ2n) is 2.83. The predicted octanol–water partition coefficient (Wildman–Crippen LogP) is 2.83. The Balaban J connectivity index is 3.12. The van der Waals surface area contributed by atoms with Gasteiger partial charge in [0, 0.05) is 5.56 Å². The van der Waals surface area contributed by atoms with Gasteiger partial charge < -0.3 is 0 Å². The summed E-state index contributed by atoms with van der Waals surface area (Å²) >= 11 is 0. The Bertz CT molecular complexity index is 360. The zero-order valence-electron chi connectivity index (χ0n) is 8.06. The summed E-state index contributed by atoms with van der Waals surface area (Å²) in [5.41, 5.74) is 1.60. The van der Waals surface area contributed by atoms with Crippen molar-refractivity contribution in [3.8, 4) is 0 Å². The number of halogens is 3. The van der Waals surface area contributed by atoms with Gasteiger partial charge in [0.2, 0.25) is 0 Å². The second kappa shape index (κ2) is 4.35. The minimum absolute atomic E-state index is 0.0214. The summed E-state index contributed by atoms with van der Waals surface area (Å²) in [6.45, 7) is 3.45. The minimum Gasteiger partial charge on any atom is -0.279 e. The summed E-state index contributed by atoms with van der Waals surface area (Å²) < 4.78 is 37.6. The molecule has 0 saturated heterocycles. The third-order valence-electron chi connectivity index (χ3n) is 1.78. The molecule has 0 fully saturated rings. The van der Waals surface area contributed by atoms with Crippen molar-refractivity contribution in [3.05, 3.63) is 42.0 Å². The Hall–Kier alpha value is -1.49. The zero-order valence-corrected chi connectivity index (χ0v) is 8.06. The molecule has 0 bridgehead atoms. The number of hydrogen-bond acceptors (Lipinski definition) is 2. The molecule has 0 heterocycles. The van der Waals surface area contributed by atoms with Gasteiger partial charge in [-0.1, -0.05) is 24.8 Å². The maximum absolute atomic E-state index is 12.5. The third kappa shape index (κ3) is 2.73. The highest BCUT2D eigenvalue weighted by Gasteiger charge is 2.33. The molecule has 2 nitrogen and oxygen atoms in total. The van der Waals surface area contributed by atoms with E-state index in [1.165, 1.54) is 25.3 Å². The molecule has 0 spiro atoms. The van der Waals surface area contributed by atoms with Crippen molar-refractivity contribution < 1.29 is 18.0 Å². The van der Waals surface area contributed by atoms with Crippen LogP contribution < -0.4 is 5.48 Å². The molecule has 0 aliphatic rings. The highest BCUT2D eigenvalue weighted by molar-refractivity contribution is 5.64. The van der Waals surface area contributed by atoms with Crippen molar-refractivity contribution >= 4 is 5.70 Å². The van der Waals surface area contributed by atoms with E-state index in [1.54, 1.807) is 0 Å². The lowest BCUT2D eigenvalue weighted by Crippen LogP contribution is -2.14. The largest absolute Gasteiger partial charge is 0.417 e. The molecule has 1 aromatic carbocycles. The molecule has 0 aliphatic carbocycles. The van der Waals surface area contributed by atoms with Crippen molar-refractivity contribution in [2.24, 2.45) is 0 Å². The van der Waals surface area contributed by atoms with Gasteiger partial charge in [-0.3, -0.25) is 10.3 Å². The monoisotopic (exact) mass is 217 g/mol. The summed E-state index contributed by atoms with van der Waals surface area (Å²) in [6.07, 6.45) is -4.39. The maximum Gasteiger partial charge on any atom is 0.417 e. The molecule has 1 rings (SSSR count). The number of alkyl halides is 3. The molecule has 15 heavy (non-hydrogen) atoms. The predicted molar refractivity (Wildman–Crippen MR) is 50.6 cm³/mol. The van der Waals surface area contributed by atoms with Gasteiger partial charge in [-0.2, -0.15) is 13.2 Å². The van der Waals surface area contributed by atoms with Crippen molar-refractivity contribution in [2.45, 2.75) is 6.18 Å². The van der Waals surface area contributed by atoms with E-state index >= 15 is 0 Å². The van der Waals surface area contributed by atoms with Crippen LogP contribution in [-0.4, -0.2) is 7.11 Å². The minimum atomic E-state index is -4.39. The van der Waals surface area contributed by atoms with Gasteiger partial charge in [0.1, 0.15) is 0 Å². The molecule has 1 N–H and O–H groups in total. The average molecular weight is 217 g/mol. The second-order valence-corrected chi connectivity index (χ2v) is 2.83. The SMILES string of the molecule is C=C(NOC)c1ccccc1C(F)(F)F. The van der Waals surface area contributed by atoms with E-state index in [2.05, 4.69) is 16.9 Å². The quantitative estimate of drug-likeness (QED) is 0.786. The summed E-state index contributed by atoms with van der Waals surface area (Å²) in [5, 5.41) is 0. The van der Waals surface area contributed by atoms with Crippen molar-refractivity contribution in [1.29, 1.82) is 0 Å². The number of hydroxylamine groups is 1. The molecule has 0 saturated carbocycles. The van der Waals surface area contributed by atoms with Gasteiger partial charge in [0.15, 0.2) is 0 Å². The van der Waals surface area contributed by atoms with Crippen LogP contribution in [0.1, 0.15) is 11.1 Å². The van der Waals surface area contributed by atoms with Gasteiger partial charge in [-0.15, -0.1) is 0 Å². The summed E-state index contributed by atoms with van der Waals surface area (Å²) in [4.78, 5) is 4.51. The van der Waals surface area contributed by atoms with Gasteiger partial charge in [0.05, 0.1) is 18.4 Å². The van der Waals surface area contributed by atoms with Gasteiger partial charge in [-0.05, 0) is 6.07 Å². The van der Waals surface area contributed by atoms with Gasteiger partial charge >= 0.3 is 6.18 Å². The first-order valence-corrected chi connectivity index (χ1v) is 4.11. The molecular weight excluding hydrogens is 207 g/mol. The molecule has 0 atom stereocenters. The Kier molecular flexibility index (Phi) is 3.36. The maximum atomic E-state index is 12.5. The van der Waals surface area contributed by atoms with Crippen LogP contribution in [-0.2, 0) is 11.0 Å². The Morgan fingerprint density at radius 2 is 1.93 bits per heavy atom. The van der Waals surface area contributed by atoms with E-state index in [0.717, 1.165) is 6.07 Å². The zero-order chi connectivity index (χ0) is 11.5. The van der Waals surface area contributed by atoms with E-state index in [1.807, 2.05) is 0 Å². The van der Waals surface area contributed by atoms with Crippen LogP contribution in [0.15, 0.2) is 30.8 Å². The van der Waals surface area contributed by atoms with Gasteiger partial charge in [-0.25, -0.2) is 0 Å². The lowest BCUT2D eigenvalue weighted by atomic mass is 10.1. The van der Waals surface area contributed by atoms with Crippen LogP contribution >= 0.6 is 0 Å². The van der Waals surface area contributed by atoms with E-state index in [-0.39, 0.29) is 11.3 Å². The first kappa shape index (κ1) is 11.6. The standard InChI is InChI=1S/C10H10F3NO/c1-7(14-15-2)8-5-3-4-6-9(8)10(11,12)13/h3-6,14H,1H2,2H3. The number of hydrogen-bond donors (Lipinski definition) is 1. The summed E-state index contributed by atoms with van der Waals surface area (Å²) in [6, 6.07) is 5.16. The number of benzene rings is 1. The fourth-order valence-electron chi connectivity index (χ4n) is 1.17. The lowest BCUT2D eigenvalue weighted by Gasteiger charge is -2.14. The van der Waals surface area contributed by atoms with Gasteiger partial charge in [0.25, 0.3) is 0 Å². The Labute approximate surface area is 85.3 Å². The van der Waals surface area contributed by atoms with Crippen LogP contribution in [0.5, 0.6) is 0 Å². The van der Waals surface area contributed by atoms with E-state index in [4.69, 9.17) is 0 Å². The van der Waals surface area contributed by atoms with Crippen LogP contribution in [0.4, 0.5) is 13.2 Å². The molecule has 0 aromatic heterocycles. The smallest absolute Gasteiger partial charge is 0.279 e. The van der Waals surface area contributed by atoms with Crippen LogP contribution in [0.25, 0.3) is 5.70 Å². The van der Waals surface area contributed by atoms with Crippen molar-refractivity contribution in [1.82, 2.24) is 5.48 Å². The summed E-state index contributed by atoms with van der Waals surface area (Å²) in [5.74, 6) is 0. The topological polar surface area (TPSA) is 21.3 Å². The molecule has 0 radical (unpaired) electrons.